The van der Waals surface area contributed by atoms with Crippen LogP contribution in [-0.2, 0) is 10.2 Å². The van der Waals surface area contributed by atoms with Crippen molar-refractivity contribution in [2.45, 2.75) is 11.8 Å². The molecule has 14 heavy (non-hydrogen) atoms. The van der Waals surface area contributed by atoms with Gasteiger partial charge < -0.3 is 4.74 Å². The zero-order chi connectivity index (χ0) is 10.0. The Morgan fingerprint density at radius 1 is 1.29 bits per heavy atom. The maximum atomic E-state index is 5.33. The fraction of sp³-hybridized carbons (Fsp3) is 0.455. The molecule has 1 nitrogen and oxygen atoms in total. The number of benzene rings is 1. The molecule has 0 unspecified atom stereocenters. The van der Waals surface area contributed by atoms with Crippen molar-refractivity contribution in [1.82, 2.24) is 0 Å². The van der Waals surface area contributed by atoms with E-state index in [2.05, 4.69) is 52.8 Å². The zero-order valence-electron chi connectivity index (χ0n) is 7.87. The van der Waals surface area contributed by atoms with Gasteiger partial charge in [0.05, 0.1) is 13.2 Å². The quantitative estimate of drug-likeness (QED) is 0.833. The van der Waals surface area contributed by atoms with Gasteiger partial charge in [0.15, 0.2) is 0 Å². The van der Waals surface area contributed by atoms with Crippen molar-refractivity contribution in [2.24, 2.45) is 0 Å². The molecule has 1 fully saturated rings. The summed E-state index contributed by atoms with van der Waals surface area (Å²) in [4.78, 5) is 0. The molecule has 1 aliphatic heterocycles. The Hall–Kier alpha value is 0.01000. The van der Waals surface area contributed by atoms with Crippen molar-refractivity contribution in [3.05, 3.63) is 34.3 Å². The van der Waals surface area contributed by atoms with E-state index in [1.807, 2.05) is 0 Å². The maximum Gasteiger partial charge on any atom is 0.0585 e. The Morgan fingerprint density at radius 3 is 2.36 bits per heavy atom. The Morgan fingerprint density at radius 2 is 1.93 bits per heavy atom. The van der Waals surface area contributed by atoms with E-state index < -0.39 is 0 Å². The summed E-state index contributed by atoms with van der Waals surface area (Å²) >= 11 is 7.75. The summed E-state index contributed by atoms with van der Waals surface area (Å²) < 4.78 is 6.46. The summed E-state index contributed by atoms with van der Waals surface area (Å²) in [6.07, 6.45) is 1.09. The molecule has 1 aliphatic rings. The standard InChI is InChI=1S/C11H13BrOS/c12-10-3-1-9(2-4-10)11(5-6-14)7-13-8-11/h1-4,14H,5-8H2. The zero-order valence-corrected chi connectivity index (χ0v) is 10.4. The third kappa shape index (κ3) is 1.86. The Bertz CT molecular complexity index is 306. The summed E-state index contributed by atoms with van der Waals surface area (Å²) in [6, 6.07) is 8.54. The van der Waals surface area contributed by atoms with Gasteiger partial charge in [-0.3, -0.25) is 0 Å². The summed E-state index contributed by atoms with van der Waals surface area (Å²) in [5.74, 6) is 0.916. The van der Waals surface area contributed by atoms with Gasteiger partial charge in [-0.1, -0.05) is 28.1 Å². The van der Waals surface area contributed by atoms with Crippen molar-refractivity contribution in [3.63, 3.8) is 0 Å². The van der Waals surface area contributed by atoms with Gasteiger partial charge in [0.1, 0.15) is 0 Å². The fourth-order valence-corrected chi connectivity index (χ4v) is 2.51. The van der Waals surface area contributed by atoms with E-state index in [9.17, 15) is 0 Å². The lowest BCUT2D eigenvalue weighted by Gasteiger charge is -2.42. The molecule has 76 valence electrons. The molecule has 0 N–H and O–H groups in total. The van der Waals surface area contributed by atoms with Crippen LogP contribution in [0.3, 0.4) is 0 Å². The van der Waals surface area contributed by atoms with Gasteiger partial charge in [0.2, 0.25) is 0 Å². The van der Waals surface area contributed by atoms with E-state index in [0.717, 1.165) is 29.9 Å². The maximum absolute atomic E-state index is 5.33. The molecule has 0 bridgehead atoms. The average molecular weight is 273 g/mol. The first-order valence-corrected chi connectivity index (χ1v) is 6.14. The number of hydrogen-bond acceptors (Lipinski definition) is 2. The van der Waals surface area contributed by atoms with Gasteiger partial charge >= 0.3 is 0 Å². The summed E-state index contributed by atoms with van der Waals surface area (Å²) in [5, 5.41) is 0. The van der Waals surface area contributed by atoms with E-state index in [0.29, 0.717) is 0 Å². The lowest BCUT2D eigenvalue weighted by Crippen LogP contribution is -2.47. The molecular formula is C11H13BrOS. The van der Waals surface area contributed by atoms with Crippen molar-refractivity contribution >= 4 is 28.6 Å². The minimum Gasteiger partial charge on any atom is -0.379 e. The minimum atomic E-state index is 0.239. The van der Waals surface area contributed by atoms with Crippen LogP contribution in [0.15, 0.2) is 28.7 Å². The van der Waals surface area contributed by atoms with E-state index in [4.69, 9.17) is 4.74 Å². The highest BCUT2D eigenvalue weighted by molar-refractivity contribution is 9.10. The van der Waals surface area contributed by atoms with Crippen LogP contribution < -0.4 is 0 Å². The van der Waals surface area contributed by atoms with Gasteiger partial charge in [-0.2, -0.15) is 12.6 Å². The highest BCUT2D eigenvalue weighted by Gasteiger charge is 2.39. The highest BCUT2D eigenvalue weighted by Crippen LogP contribution is 2.36. The SMILES string of the molecule is SCCC1(c2ccc(Br)cc2)COC1. The van der Waals surface area contributed by atoms with E-state index in [1.165, 1.54) is 5.56 Å². The largest absolute Gasteiger partial charge is 0.379 e. The topological polar surface area (TPSA) is 9.23 Å². The van der Waals surface area contributed by atoms with Crippen molar-refractivity contribution in [3.8, 4) is 0 Å². The second-order valence-corrected chi connectivity index (χ2v) is 5.12. The van der Waals surface area contributed by atoms with Crippen molar-refractivity contribution in [2.75, 3.05) is 19.0 Å². The Kier molecular flexibility index (Phi) is 3.20. The third-order valence-electron chi connectivity index (χ3n) is 2.80. The second kappa shape index (κ2) is 4.25. The molecule has 3 heteroatoms. The van der Waals surface area contributed by atoms with Crippen LogP contribution in [0.2, 0.25) is 0 Å². The molecule has 0 amide bonds. The highest BCUT2D eigenvalue weighted by atomic mass is 79.9. The lowest BCUT2D eigenvalue weighted by molar-refractivity contribution is -0.0613. The van der Waals surface area contributed by atoms with Crippen LogP contribution in [0.5, 0.6) is 0 Å². The second-order valence-electron chi connectivity index (χ2n) is 3.75. The average Bonchev–Trinajstić information content (AvgIpc) is 2.13. The van der Waals surface area contributed by atoms with Crippen LogP contribution in [0.1, 0.15) is 12.0 Å². The smallest absolute Gasteiger partial charge is 0.0585 e. The van der Waals surface area contributed by atoms with Crippen LogP contribution in [-0.4, -0.2) is 19.0 Å². The number of rotatable bonds is 3. The molecule has 0 radical (unpaired) electrons. The molecular weight excluding hydrogens is 260 g/mol. The van der Waals surface area contributed by atoms with E-state index >= 15 is 0 Å². The van der Waals surface area contributed by atoms with Crippen LogP contribution in [0.25, 0.3) is 0 Å². The number of thiol groups is 1. The Balaban J connectivity index is 2.23. The molecule has 0 saturated carbocycles. The molecule has 1 saturated heterocycles. The van der Waals surface area contributed by atoms with Crippen LogP contribution in [0, 0.1) is 0 Å². The molecule has 1 aromatic rings. The van der Waals surface area contributed by atoms with Crippen molar-refractivity contribution < 1.29 is 4.74 Å². The van der Waals surface area contributed by atoms with Gasteiger partial charge in [-0.25, -0.2) is 0 Å². The van der Waals surface area contributed by atoms with Crippen LogP contribution >= 0.6 is 28.6 Å². The molecule has 0 aliphatic carbocycles. The molecule has 0 spiro atoms. The third-order valence-corrected chi connectivity index (χ3v) is 3.56. The van der Waals surface area contributed by atoms with Gasteiger partial charge in [0.25, 0.3) is 0 Å². The molecule has 1 heterocycles. The normalized spacial score (nSPS) is 19.0. The number of halogens is 1. The molecule has 2 rings (SSSR count). The van der Waals surface area contributed by atoms with Crippen molar-refractivity contribution in [1.29, 1.82) is 0 Å². The van der Waals surface area contributed by atoms with Gasteiger partial charge in [-0.15, -0.1) is 0 Å². The summed E-state index contributed by atoms with van der Waals surface area (Å²) in [7, 11) is 0. The van der Waals surface area contributed by atoms with Gasteiger partial charge in [-0.05, 0) is 29.9 Å². The summed E-state index contributed by atoms with van der Waals surface area (Å²) in [5.41, 5.74) is 1.61. The first kappa shape index (κ1) is 10.5. The van der Waals surface area contributed by atoms with E-state index in [1.54, 1.807) is 0 Å². The first-order valence-electron chi connectivity index (χ1n) is 4.71. The van der Waals surface area contributed by atoms with E-state index in [-0.39, 0.29) is 5.41 Å². The predicted molar refractivity (Wildman–Crippen MR) is 65.1 cm³/mol. The lowest BCUT2D eigenvalue weighted by atomic mass is 9.76. The Labute approximate surface area is 98.4 Å². The monoisotopic (exact) mass is 272 g/mol. The van der Waals surface area contributed by atoms with Crippen LogP contribution in [0.4, 0.5) is 0 Å². The van der Waals surface area contributed by atoms with Gasteiger partial charge in [0, 0.05) is 9.89 Å². The minimum absolute atomic E-state index is 0.239. The molecule has 0 aromatic heterocycles. The summed E-state index contributed by atoms with van der Waals surface area (Å²) in [6.45, 7) is 1.68. The fourth-order valence-electron chi connectivity index (χ4n) is 1.82. The number of ether oxygens (including phenoxy) is 1. The molecule has 0 atom stereocenters. The first-order chi connectivity index (χ1) is 6.77. The number of hydrogen-bond donors (Lipinski definition) is 1. The predicted octanol–water partition coefficient (Wildman–Crippen LogP) is 3.04. The molecule has 1 aromatic carbocycles.